The van der Waals surface area contributed by atoms with E-state index in [9.17, 15) is 9.18 Å². The minimum Gasteiger partial charge on any atom is -0.383 e. The van der Waals surface area contributed by atoms with Crippen LogP contribution >= 0.6 is 11.3 Å². The van der Waals surface area contributed by atoms with Crippen molar-refractivity contribution < 1.29 is 9.18 Å². The zero-order valence-corrected chi connectivity index (χ0v) is 10.5. The van der Waals surface area contributed by atoms with Gasteiger partial charge in [-0.1, -0.05) is 0 Å². The van der Waals surface area contributed by atoms with E-state index in [4.69, 9.17) is 5.73 Å². The summed E-state index contributed by atoms with van der Waals surface area (Å²) >= 11 is 1.55. The molecule has 0 aromatic carbocycles. The van der Waals surface area contributed by atoms with Crippen molar-refractivity contribution >= 4 is 23.1 Å². The fourth-order valence-electron chi connectivity index (χ4n) is 1.51. The molecule has 0 bridgehead atoms. The van der Waals surface area contributed by atoms with Crippen LogP contribution in [0.5, 0.6) is 0 Å². The summed E-state index contributed by atoms with van der Waals surface area (Å²) < 4.78 is 13.0. The van der Waals surface area contributed by atoms with Gasteiger partial charge in [-0.2, -0.15) is 11.3 Å². The molecule has 2 aromatic rings. The molecule has 2 aromatic heterocycles. The molecule has 94 valence electrons. The minimum absolute atomic E-state index is 0.0198. The molecule has 0 saturated heterocycles. The van der Waals surface area contributed by atoms with E-state index in [1.807, 2.05) is 23.8 Å². The van der Waals surface area contributed by atoms with Crippen molar-refractivity contribution in [2.24, 2.45) is 0 Å². The van der Waals surface area contributed by atoms with E-state index in [-0.39, 0.29) is 17.4 Å². The van der Waals surface area contributed by atoms with Crippen LogP contribution in [0, 0.1) is 5.82 Å². The van der Waals surface area contributed by atoms with Gasteiger partial charge in [0.05, 0.1) is 17.8 Å². The monoisotopic (exact) mass is 265 g/mol. The lowest BCUT2D eigenvalue weighted by Crippen LogP contribution is -2.27. The van der Waals surface area contributed by atoms with Crippen LogP contribution in [-0.2, 0) is 0 Å². The number of nitrogens with one attached hydrogen (secondary N) is 1. The summed E-state index contributed by atoms with van der Waals surface area (Å²) in [4.78, 5) is 15.5. The molecule has 0 spiro atoms. The van der Waals surface area contributed by atoms with Crippen molar-refractivity contribution in [3.63, 3.8) is 0 Å². The van der Waals surface area contributed by atoms with Crippen LogP contribution in [0.3, 0.4) is 0 Å². The number of amides is 1. The van der Waals surface area contributed by atoms with Crippen molar-refractivity contribution in [3.8, 4) is 0 Å². The van der Waals surface area contributed by atoms with E-state index in [1.165, 1.54) is 0 Å². The zero-order chi connectivity index (χ0) is 13.1. The Morgan fingerprint density at radius 2 is 2.39 bits per heavy atom. The maximum atomic E-state index is 13.0. The highest BCUT2D eigenvalue weighted by Gasteiger charge is 2.15. The highest BCUT2D eigenvalue weighted by Crippen LogP contribution is 2.17. The number of halogens is 1. The molecule has 0 aliphatic carbocycles. The van der Waals surface area contributed by atoms with Gasteiger partial charge in [-0.15, -0.1) is 0 Å². The molecule has 18 heavy (non-hydrogen) atoms. The van der Waals surface area contributed by atoms with Crippen molar-refractivity contribution in [3.05, 3.63) is 46.0 Å². The first-order chi connectivity index (χ1) is 8.58. The normalized spacial score (nSPS) is 12.1. The number of pyridine rings is 1. The molecular weight excluding hydrogens is 253 g/mol. The Morgan fingerprint density at radius 1 is 1.61 bits per heavy atom. The number of hydrogen-bond acceptors (Lipinski definition) is 4. The number of thiophene rings is 1. The molecule has 1 amide bonds. The van der Waals surface area contributed by atoms with Crippen molar-refractivity contribution in [2.45, 2.75) is 13.0 Å². The first-order valence-corrected chi connectivity index (χ1v) is 6.26. The van der Waals surface area contributed by atoms with Crippen LogP contribution in [-0.4, -0.2) is 10.9 Å². The Hall–Kier alpha value is -1.95. The van der Waals surface area contributed by atoms with Crippen molar-refractivity contribution in [2.75, 3.05) is 5.73 Å². The standard InChI is InChI=1S/C12H12FN3OS/c1-7(8-2-3-18-6-8)16-12(17)10-4-9(13)5-15-11(10)14/h2-7H,1H3,(H2,14,15)(H,16,17). The fourth-order valence-corrected chi connectivity index (χ4v) is 2.26. The van der Waals surface area contributed by atoms with Gasteiger partial charge in [-0.05, 0) is 35.4 Å². The minimum atomic E-state index is -0.586. The number of hydrogen-bond donors (Lipinski definition) is 2. The van der Waals surface area contributed by atoms with Crippen LogP contribution in [0.4, 0.5) is 10.2 Å². The van der Waals surface area contributed by atoms with Gasteiger partial charge in [0.1, 0.15) is 11.6 Å². The molecule has 2 rings (SSSR count). The van der Waals surface area contributed by atoms with E-state index >= 15 is 0 Å². The highest BCUT2D eigenvalue weighted by molar-refractivity contribution is 7.07. The number of nitrogens with two attached hydrogens (primary N) is 1. The van der Waals surface area contributed by atoms with E-state index in [2.05, 4.69) is 10.3 Å². The molecule has 6 heteroatoms. The smallest absolute Gasteiger partial charge is 0.255 e. The van der Waals surface area contributed by atoms with Gasteiger partial charge in [0, 0.05) is 0 Å². The largest absolute Gasteiger partial charge is 0.383 e. The predicted molar refractivity (Wildman–Crippen MR) is 68.8 cm³/mol. The average Bonchev–Trinajstić information content (AvgIpc) is 2.85. The third-order valence-corrected chi connectivity index (χ3v) is 3.22. The summed E-state index contributed by atoms with van der Waals surface area (Å²) in [5.74, 6) is -0.998. The topological polar surface area (TPSA) is 68.0 Å². The van der Waals surface area contributed by atoms with Gasteiger partial charge in [0.2, 0.25) is 0 Å². The van der Waals surface area contributed by atoms with Crippen LogP contribution in [0.25, 0.3) is 0 Å². The Kier molecular flexibility index (Phi) is 3.57. The number of carbonyl (C=O) groups excluding carboxylic acids is 1. The van der Waals surface area contributed by atoms with E-state index in [0.717, 1.165) is 17.8 Å². The molecule has 0 fully saturated rings. The molecule has 2 heterocycles. The highest BCUT2D eigenvalue weighted by atomic mass is 32.1. The van der Waals surface area contributed by atoms with Gasteiger partial charge in [-0.3, -0.25) is 4.79 Å². The van der Waals surface area contributed by atoms with Crippen LogP contribution in [0.1, 0.15) is 28.9 Å². The first-order valence-electron chi connectivity index (χ1n) is 5.32. The summed E-state index contributed by atoms with van der Waals surface area (Å²) in [5.41, 5.74) is 6.60. The number of nitrogens with zero attached hydrogens (tertiary/aromatic N) is 1. The molecule has 0 aliphatic rings. The quantitative estimate of drug-likeness (QED) is 0.895. The second-order valence-corrected chi connectivity index (χ2v) is 4.62. The van der Waals surface area contributed by atoms with Gasteiger partial charge >= 0.3 is 0 Å². The molecule has 1 unspecified atom stereocenters. The lowest BCUT2D eigenvalue weighted by Gasteiger charge is -2.13. The average molecular weight is 265 g/mol. The van der Waals surface area contributed by atoms with E-state index in [1.54, 1.807) is 11.3 Å². The molecule has 4 nitrogen and oxygen atoms in total. The van der Waals surface area contributed by atoms with E-state index in [0.29, 0.717) is 0 Å². The Morgan fingerprint density at radius 3 is 3.06 bits per heavy atom. The second-order valence-electron chi connectivity index (χ2n) is 3.84. The summed E-state index contributed by atoms with van der Waals surface area (Å²) in [6.45, 7) is 1.85. The lowest BCUT2D eigenvalue weighted by atomic mass is 10.1. The van der Waals surface area contributed by atoms with Crippen molar-refractivity contribution in [1.82, 2.24) is 10.3 Å². The first kappa shape index (κ1) is 12.5. The summed E-state index contributed by atoms with van der Waals surface area (Å²) in [6.07, 6.45) is 0.981. The summed E-state index contributed by atoms with van der Waals surface area (Å²) in [5, 5.41) is 6.62. The molecule has 0 radical (unpaired) electrons. The molecule has 0 saturated carbocycles. The lowest BCUT2D eigenvalue weighted by molar-refractivity contribution is 0.0940. The van der Waals surface area contributed by atoms with Gasteiger partial charge in [-0.25, -0.2) is 9.37 Å². The number of carbonyl (C=O) groups is 1. The van der Waals surface area contributed by atoms with Crippen LogP contribution in [0.2, 0.25) is 0 Å². The van der Waals surface area contributed by atoms with Gasteiger partial charge in [0.15, 0.2) is 0 Å². The molecule has 0 aliphatic heterocycles. The SMILES string of the molecule is CC(NC(=O)c1cc(F)cnc1N)c1ccsc1. The number of anilines is 1. The van der Waals surface area contributed by atoms with E-state index < -0.39 is 11.7 Å². The van der Waals surface area contributed by atoms with Gasteiger partial charge < -0.3 is 11.1 Å². The summed E-state index contributed by atoms with van der Waals surface area (Å²) in [7, 11) is 0. The Labute approximate surface area is 108 Å². The maximum absolute atomic E-state index is 13.0. The second kappa shape index (κ2) is 5.14. The number of aromatic nitrogens is 1. The Bertz CT molecular complexity index is 556. The number of rotatable bonds is 3. The third-order valence-electron chi connectivity index (χ3n) is 2.52. The van der Waals surface area contributed by atoms with Crippen molar-refractivity contribution in [1.29, 1.82) is 0 Å². The Balaban J connectivity index is 2.15. The molecule has 3 N–H and O–H groups in total. The fraction of sp³-hybridized carbons (Fsp3) is 0.167. The van der Waals surface area contributed by atoms with Gasteiger partial charge in [0.25, 0.3) is 5.91 Å². The summed E-state index contributed by atoms with van der Waals surface area (Å²) in [6, 6.07) is 2.84. The third kappa shape index (κ3) is 2.65. The van der Waals surface area contributed by atoms with Crippen LogP contribution in [0.15, 0.2) is 29.1 Å². The van der Waals surface area contributed by atoms with Crippen LogP contribution < -0.4 is 11.1 Å². The molecule has 1 atom stereocenters. The zero-order valence-electron chi connectivity index (χ0n) is 9.68. The maximum Gasteiger partial charge on any atom is 0.255 e. The molecular formula is C12H12FN3OS. The number of nitrogen functional groups attached to an aromatic ring is 1. The predicted octanol–water partition coefficient (Wildman–Crippen LogP) is 2.36.